The molecule has 0 radical (unpaired) electrons. The Morgan fingerprint density at radius 2 is 2.20 bits per heavy atom. The Morgan fingerprint density at radius 1 is 1.47 bits per heavy atom. The lowest BCUT2D eigenvalue weighted by Gasteiger charge is -2.38. The van der Waals surface area contributed by atoms with Crippen molar-refractivity contribution in [1.29, 1.82) is 0 Å². The molecule has 1 N–H and O–H groups in total. The summed E-state index contributed by atoms with van der Waals surface area (Å²) in [6.07, 6.45) is 6.47. The zero-order valence-electron chi connectivity index (χ0n) is 10.3. The first-order valence-electron chi connectivity index (χ1n) is 6.14. The number of nitrogens with one attached hydrogen (secondary N) is 1. The predicted molar refractivity (Wildman–Crippen MR) is 68.5 cm³/mol. The van der Waals surface area contributed by atoms with Crippen molar-refractivity contribution in [3.63, 3.8) is 0 Å². The molecular formula is C12H24N2S. The normalized spacial score (nSPS) is 35.4. The van der Waals surface area contributed by atoms with Gasteiger partial charge in [0.05, 0.1) is 0 Å². The van der Waals surface area contributed by atoms with Crippen LogP contribution in [0.25, 0.3) is 0 Å². The third kappa shape index (κ3) is 2.69. The fraction of sp³-hybridized carbons (Fsp3) is 1.00. The lowest BCUT2D eigenvalue weighted by molar-refractivity contribution is 0.150. The van der Waals surface area contributed by atoms with Crippen LogP contribution in [0, 0.1) is 5.92 Å². The quantitative estimate of drug-likeness (QED) is 0.790. The highest BCUT2D eigenvalue weighted by atomic mass is 32.2. The first-order chi connectivity index (χ1) is 7.19. The number of hydrogen-bond acceptors (Lipinski definition) is 3. The molecule has 2 atom stereocenters. The van der Waals surface area contributed by atoms with Crippen LogP contribution >= 0.6 is 11.8 Å². The van der Waals surface area contributed by atoms with Gasteiger partial charge in [0, 0.05) is 23.9 Å². The smallest absolute Gasteiger partial charge is 0.0285 e. The van der Waals surface area contributed by atoms with E-state index >= 15 is 0 Å². The summed E-state index contributed by atoms with van der Waals surface area (Å²) in [4.78, 5) is 2.68. The second-order valence-corrected chi connectivity index (χ2v) is 6.56. The van der Waals surface area contributed by atoms with Crippen molar-refractivity contribution in [2.24, 2.45) is 5.92 Å². The van der Waals surface area contributed by atoms with Gasteiger partial charge in [0.2, 0.25) is 0 Å². The molecular weight excluding hydrogens is 204 g/mol. The van der Waals surface area contributed by atoms with Crippen LogP contribution in [-0.4, -0.2) is 48.6 Å². The van der Waals surface area contributed by atoms with E-state index in [1.165, 1.54) is 38.9 Å². The topological polar surface area (TPSA) is 15.3 Å². The highest BCUT2D eigenvalue weighted by Gasteiger charge is 2.43. The van der Waals surface area contributed by atoms with E-state index < -0.39 is 0 Å². The Labute approximate surface area is 98.2 Å². The number of thioether (sulfide) groups is 1. The first-order valence-corrected chi connectivity index (χ1v) is 7.36. The second-order valence-electron chi connectivity index (χ2n) is 5.28. The van der Waals surface area contributed by atoms with Crippen LogP contribution in [0.2, 0.25) is 0 Å². The van der Waals surface area contributed by atoms with E-state index in [2.05, 4.69) is 42.2 Å². The summed E-state index contributed by atoms with van der Waals surface area (Å²) in [5.41, 5.74) is 0. The Bertz CT molecular complexity index is 216. The van der Waals surface area contributed by atoms with Crippen LogP contribution in [0.5, 0.6) is 0 Å². The maximum atomic E-state index is 3.43. The second kappa shape index (κ2) is 4.64. The average Bonchev–Trinajstić information content (AvgIpc) is 2.99. The van der Waals surface area contributed by atoms with E-state index in [4.69, 9.17) is 0 Å². The molecule has 2 fully saturated rings. The van der Waals surface area contributed by atoms with Gasteiger partial charge >= 0.3 is 0 Å². The lowest BCUT2D eigenvalue weighted by Crippen LogP contribution is -2.49. The maximum Gasteiger partial charge on any atom is 0.0285 e. The summed E-state index contributed by atoms with van der Waals surface area (Å²) in [5.74, 6) is 0.807. The Hall–Kier alpha value is 0.270. The van der Waals surface area contributed by atoms with Gasteiger partial charge in [0.1, 0.15) is 0 Å². The molecule has 0 aromatic carbocycles. The van der Waals surface area contributed by atoms with E-state index in [0.29, 0.717) is 4.75 Å². The molecule has 1 saturated heterocycles. The van der Waals surface area contributed by atoms with Crippen LogP contribution in [0.15, 0.2) is 0 Å². The van der Waals surface area contributed by atoms with Gasteiger partial charge in [-0.15, -0.1) is 0 Å². The number of hydrogen-bond donors (Lipinski definition) is 1. The molecule has 3 heteroatoms. The van der Waals surface area contributed by atoms with Crippen LogP contribution in [0.4, 0.5) is 0 Å². The van der Waals surface area contributed by atoms with Gasteiger partial charge in [-0.2, -0.15) is 11.8 Å². The number of nitrogens with zero attached hydrogens (tertiary/aromatic N) is 1. The highest BCUT2D eigenvalue weighted by molar-refractivity contribution is 8.00. The molecule has 0 aromatic rings. The minimum Gasteiger partial charge on any atom is -0.317 e. The Kier molecular flexibility index (Phi) is 3.63. The van der Waals surface area contributed by atoms with Crippen molar-refractivity contribution in [2.75, 3.05) is 32.9 Å². The average molecular weight is 228 g/mol. The molecule has 2 unspecified atom stereocenters. The van der Waals surface area contributed by atoms with E-state index in [-0.39, 0.29) is 0 Å². The van der Waals surface area contributed by atoms with Gasteiger partial charge in [-0.1, -0.05) is 6.92 Å². The van der Waals surface area contributed by atoms with Crippen molar-refractivity contribution < 1.29 is 0 Å². The van der Waals surface area contributed by atoms with Gasteiger partial charge in [-0.25, -0.2) is 0 Å². The van der Waals surface area contributed by atoms with E-state index in [1.54, 1.807) is 0 Å². The summed E-state index contributed by atoms with van der Waals surface area (Å²) in [5, 5.41) is 3.43. The predicted octanol–water partition coefficient (Wildman–Crippen LogP) is 1.81. The van der Waals surface area contributed by atoms with Gasteiger partial charge in [-0.3, -0.25) is 0 Å². The van der Waals surface area contributed by atoms with Crippen LogP contribution in [-0.2, 0) is 0 Å². The van der Waals surface area contributed by atoms with Crippen LogP contribution in [0.3, 0.4) is 0 Å². The fourth-order valence-electron chi connectivity index (χ4n) is 2.78. The summed E-state index contributed by atoms with van der Waals surface area (Å²) < 4.78 is 0.645. The maximum absolute atomic E-state index is 3.43. The molecule has 0 spiro atoms. The third-order valence-electron chi connectivity index (χ3n) is 4.11. The van der Waals surface area contributed by atoms with Crippen molar-refractivity contribution in [3.05, 3.63) is 0 Å². The SMILES string of the molecule is CNC1CCN(CC2(SC)CC2)CC1C. The van der Waals surface area contributed by atoms with E-state index in [9.17, 15) is 0 Å². The standard InChI is InChI=1S/C12H24N2S/c1-10-8-14(7-4-11(10)13-2)9-12(15-3)5-6-12/h10-11,13H,4-9H2,1-3H3. The Morgan fingerprint density at radius 3 is 2.67 bits per heavy atom. The molecule has 2 rings (SSSR count). The summed E-state index contributed by atoms with van der Waals surface area (Å²) in [6, 6.07) is 0.741. The highest BCUT2D eigenvalue weighted by Crippen LogP contribution is 2.47. The summed E-state index contributed by atoms with van der Waals surface area (Å²) in [7, 11) is 2.10. The Balaban J connectivity index is 1.81. The number of rotatable bonds is 4. The van der Waals surface area contributed by atoms with Gasteiger partial charge in [-0.05, 0) is 45.0 Å². The first kappa shape index (κ1) is 11.7. The van der Waals surface area contributed by atoms with Crippen molar-refractivity contribution in [1.82, 2.24) is 10.2 Å². The zero-order valence-corrected chi connectivity index (χ0v) is 11.1. The molecule has 1 heterocycles. The molecule has 2 nitrogen and oxygen atoms in total. The largest absolute Gasteiger partial charge is 0.317 e. The molecule has 1 saturated carbocycles. The molecule has 0 bridgehead atoms. The van der Waals surface area contributed by atoms with Gasteiger partial charge in [0.25, 0.3) is 0 Å². The van der Waals surface area contributed by atoms with Crippen molar-refractivity contribution in [2.45, 2.75) is 37.0 Å². The molecule has 88 valence electrons. The van der Waals surface area contributed by atoms with Crippen molar-refractivity contribution in [3.8, 4) is 0 Å². The minimum absolute atomic E-state index is 0.645. The molecule has 2 aliphatic rings. The van der Waals surface area contributed by atoms with Gasteiger partial charge < -0.3 is 10.2 Å². The zero-order chi connectivity index (χ0) is 10.9. The number of likely N-dealkylation sites (tertiary alicyclic amines) is 1. The summed E-state index contributed by atoms with van der Waals surface area (Å²) in [6.45, 7) is 6.28. The molecule has 0 aromatic heterocycles. The third-order valence-corrected chi connectivity index (χ3v) is 5.52. The van der Waals surface area contributed by atoms with Crippen LogP contribution < -0.4 is 5.32 Å². The number of piperidine rings is 1. The van der Waals surface area contributed by atoms with Crippen LogP contribution in [0.1, 0.15) is 26.2 Å². The molecule has 1 aliphatic heterocycles. The monoisotopic (exact) mass is 228 g/mol. The van der Waals surface area contributed by atoms with Gasteiger partial charge in [0.15, 0.2) is 0 Å². The van der Waals surface area contributed by atoms with E-state index in [1.807, 2.05) is 0 Å². The summed E-state index contributed by atoms with van der Waals surface area (Å²) >= 11 is 2.08. The molecule has 15 heavy (non-hydrogen) atoms. The lowest BCUT2D eigenvalue weighted by atomic mass is 9.94. The molecule has 1 aliphatic carbocycles. The van der Waals surface area contributed by atoms with E-state index in [0.717, 1.165) is 12.0 Å². The minimum atomic E-state index is 0.645. The van der Waals surface area contributed by atoms with Crippen molar-refractivity contribution >= 4 is 11.8 Å². The fourth-order valence-corrected chi connectivity index (χ4v) is 3.60. The molecule has 0 amide bonds.